The van der Waals surface area contributed by atoms with E-state index in [1.807, 2.05) is 12.1 Å². The number of nitrogens with zero attached hydrogens (tertiary/aromatic N) is 4. The SMILES string of the molecule is CC(=O)c1c(C)[nH]c(C(=O)CSc2nnnn2-c2ccc(C(C)C)cc2)c1C. The van der Waals surface area contributed by atoms with Gasteiger partial charge in [0.2, 0.25) is 5.16 Å². The van der Waals surface area contributed by atoms with Crippen molar-refractivity contribution in [3.8, 4) is 5.69 Å². The molecule has 0 amide bonds. The standard InChI is InChI=1S/C20H23N5O2S/c1-11(2)15-6-8-16(9-7-15)25-20(22-23-24-25)28-10-17(27)19-12(3)18(14(5)26)13(4)21-19/h6-9,11,21H,10H2,1-5H3. The van der Waals surface area contributed by atoms with Crippen LogP contribution in [-0.4, -0.2) is 42.5 Å². The molecule has 0 unspecified atom stereocenters. The molecule has 0 aliphatic carbocycles. The van der Waals surface area contributed by atoms with Gasteiger partial charge in [0.15, 0.2) is 11.6 Å². The lowest BCUT2D eigenvalue weighted by atomic mass is 10.0. The molecule has 7 nitrogen and oxygen atoms in total. The first-order valence-corrected chi connectivity index (χ1v) is 10.0. The Bertz CT molecular complexity index is 1020. The molecule has 0 bridgehead atoms. The number of carbonyl (C=O) groups excluding carboxylic acids is 2. The number of thioether (sulfide) groups is 1. The average molecular weight is 398 g/mol. The van der Waals surface area contributed by atoms with E-state index in [9.17, 15) is 9.59 Å². The highest BCUT2D eigenvalue weighted by Gasteiger charge is 2.21. The maximum absolute atomic E-state index is 12.7. The number of hydrogen-bond acceptors (Lipinski definition) is 6. The van der Waals surface area contributed by atoms with Gasteiger partial charge in [-0.05, 0) is 60.4 Å². The summed E-state index contributed by atoms with van der Waals surface area (Å²) in [5.74, 6) is 0.471. The van der Waals surface area contributed by atoms with Crippen LogP contribution in [0.1, 0.15) is 64.4 Å². The van der Waals surface area contributed by atoms with Gasteiger partial charge in [-0.3, -0.25) is 9.59 Å². The number of nitrogens with one attached hydrogen (secondary N) is 1. The van der Waals surface area contributed by atoms with Crippen LogP contribution in [0.15, 0.2) is 29.4 Å². The molecule has 0 aliphatic rings. The molecule has 2 aromatic heterocycles. The number of carbonyl (C=O) groups is 2. The van der Waals surface area contributed by atoms with Crippen molar-refractivity contribution >= 4 is 23.3 Å². The van der Waals surface area contributed by atoms with Crippen molar-refractivity contribution < 1.29 is 9.59 Å². The molecule has 1 aromatic carbocycles. The molecule has 0 spiro atoms. The molecule has 0 aliphatic heterocycles. The van der Waals surface area contributed by atoms with Crippen molar-refractivity contribution in [2.24, 2.45) is 0 Å². The Morgan fingerprint density at radius 2 is 1.86 bits per heavy atom. The summed E-state index contributed by atoms with van der Waals surface area (Å²) in [7, 11) is 0. The second-order valence-electron chi connectivity index (χ2n) is 7.01. The summed E-state index contributed by atoms with van der Waals surface area (Å²) in [6.45, 7) is 9.37. The zero-order valence-electron chi connectivity index (χ0n) is 16.6. The van der Waals surface area contributed by atoms with E-state index in [2.05, 4.69) is 46.5 Å². The fourth-order valence-electron chi connectivity index (χ4n) is 3.19. The zero-order valence-corrected chi connectivity index (χ0v) is 17.4. The summed E-state index contributed by atoms with van der Waals surface area (Å²) in [5.41, 5.74) is 4.54. The van der Waals surface area contributed by atoms with Crippen LogP contribution >= 0.6 is 11.8 Å². The Morgan fingerprint density at radius 3 is 2.43 bits per heavy atom. The normalized spacial score (nSPS) is 11.2. The molecule has 146 valence electrons. The molecular formula is C20H23N5O2S. The van der Waals surface area contributed by atoms with Crippen molar-refractivity contribution in [3.63, 3.8) is 0 Å². The quantitative estimate of drug-likeness (QED) is 0.480. The molecule has 28 heavy (non-hydrogen) atoms. The molecule has 0 atom stereocenters. The smallest absolute Gasteiger partial charge is 0.214 e. The highest BCUT2D eigenvalue weighted by molar-refractivity contribution is 7.99. The zero-order chi connectivity index (χ0) is 20.4. The number of tetrazole rings is 1. The molecule has 1 N–H and O–H groups in total. The maximum atomic E-state index is 12.7. The first-order valence-electron chi connectivity index (χ1n) is 9.04. The Kier molecular flexibility index (Phi) is 5.79. The van der Waals surface area contributed by atoms with Crippen LogP contribution in [0.3, 0.4) is 0 Å². The first-order chi connectivity index (χ1) is 13.3. The highest BCUT2D eigenvalue weighted by atomic mass is 32.2. The van der Waals surface area contributed by atoms with E-state index >= 15 is 0 Å². The molecule has 3 aromatic rings. The van der Waals surface area contributed by atoms with Crippen LogP contribution in [-0.2, 0) is 0 Å². The molecule has 0 fully saturated rings. The van der Waals surface area contributed by atoms with E-state index in [0.717, 1.165) is 5.69 Å². The Balaban J connectivity index is 1.76. The van der Waals surface area contributed by atoms with Crippen molar-refractivity contribution in [1.82, 2.24) is 25.2 Å². The van der Waals surface area contributed by atoms with Crippen LogP contribution in [0.4, 0.5) is 0 Å². The largest absolute Gasteiger partial charge is 0.355 e. The Hall–Kier alpha value is -2.74. The minimum Gasteiger partial charge on any atom is -0.355 e. The lowest BCUT2D eigenvalue weighted by Gasteiger charge is -2.08. The fourth-order valence-corrected chi connectivity index (χ4v) is 3.95. The van der Waals surface area contributed by atoms with Crippen molar-refractivity contribution in [2.75, 3.05) is 5.75 Å². The van der Waals surface area contributed by atoms with E-state index in [4.69, 9.17) is 0 Å². The Morgan fingerprint density at radius 1 is 1.18 bits per heavy atom. The van der Waals surface area contributed by atoms with E-state index < -0.39 is 0 Å². The number of hydrogen-bond donors (Lipinski definition) is 1. The van der Waals surface area contributed by atoms with Crippen LogP contribution in [0.2, 0.25) is 0 Å². The van der Waals surface area contributed by atoms with E-state index in [0.29, 0.717) is 33.6 Å². The summed E-state index contributed by atoms with van der Waals surface area (Å²) in [4.78, 5) is 27.5. The molecular weight excluding hydrogens is 374 g/mol. The maximum Gasteiger partial charge on any atom is 0.214 e. The van der Waals surface area contributed by atoms with Gasteiger partial charge in [-0.15, -0.1) is 5.10 Å². The lowest BCUT2D eigenvalue weighted by Crippen LogP contribution is -2.07. The minimum absolute atomic E-state index is 0.0493. The fraction of sp³-hybridized carbons (Fsp3) is 0.350. The van der Waals surface area contributed by atoms with Crippen LogP contribution in [0, 0.1) is 13.8 Å². The third kappa shape index (κ3) is 3.91. The molecule has 0 saturated carbocycles. The van der Waals surface area contributed by atoms with Gasteiger partial charge in [0, 0.05) is 11.3 Å². The molecule has 3 rings (SSSR count). The van der Waals surface area contributed by atoms with Gasteiger partial charge in [0.1, 0.15) is 0 Å². The summed E-state index contributed by atoms with van der Waals surface area (Å²) in [6.07, 6.45) is 0. The van der Waals surface area contributed by atoms with Crippen molar-refractivity contribution in [3.05, 3.63) is 52.3 Å². The summed E-state index contributed by atoms with van der Waals surface area (Å²) in [6, 6.07) is 8.04. The van der Waals surface area contributed by atoms with Crippen molar-refractivity contribution in [2.45, 2.75) is 45.7 Å². The topological polar surface area (TPSA) is 93.5 Å². The van der Waals surface area contributed by atoms with Crippen LogP contribution in [0.5, 0.6) is 0 Å². The van der Waals surface area contributed by atoms with E-state index in [-0.39, 0.29) is 17.3 Å². The Labute approximate surface area is 167 Å². The van der Waals surface area contributed by atoms with Crippen molar-refractivity contribution in [1.29, 1.82) is 0 Å². The number of ketones is 2. The number of H-pyrrole nitrogens is 1. The van der Waals surface area contributed by atoms with Gasteiger partial charge < -0.3 is 4.98 Å². The van der Waals surface area contributed by atoms with Crippen LogP contribution < -0.4 is 0 Å². The number of aromatic nitrogens is 5. The van der Waals surface area contributed by atoms with Gasteiger partial charge in [-0.2, -0.15) is 4.68 Å². The minimum atomic E-state index is -0.0946. The second kappa shape index (κ2) is 8.10. The van der Waals surface area contributed by atoms with Gasteiger partial charge in [-0.25, -0.2) is 0 Å². The molecule has 0 saturated heterocycles. The van der Waals surface area contributed by atoms with Gasteiger partial charge in [0.05, 0.1) is 17.1 Å². The first kappa shape index (κ1) is 20.0. The average Bonchev–Trinajstić information content (AvgIpc) is 3.23. The van der Waals surface area contributed by atoms with Crippen LogP contribution in [0.25, 0.3) is 5.69 Å². The van der Waals surface area contributed by atoms with Gasteiger partial charge in [0.25, 0.3) is 0 Å². The monoisotopic (exact) mass is 397 g/mol. The van der Waals surface area contributed by atoms with Gasteiger partial charge in [-0.1, -0.05) is 37.7 Å². The number of aromatic amines is 1. The van der Waals surface area contributed by atoms with Gasteiger partial charge >= 0.3 is 0 Å². The third-order valence-corrected chi connectivity index (χ3v) is 5.57. The molecule has 0 radical (unpaired) electrons. The predicted molar refractivity (Wildman–Crippen MR) is 109 cm³/mol. The summed E-state index contributed by atoms with van der Waals surface area (Å²) in [5, 5.41) is 12.4. The molecule has 8 heteroatoms. The third-order valence-electron chi connectivity index (χ3n) is 4.65. The summed E-state index contributed by atoms with van der Waals surface area (Å²) >= 11 is 1.27. The number of rotatable bonds is 7. The van der Waals surface area contributed by atoms with E-state index in [1.165, 1.54) is 24.2 Å². The summed E-state index contributed by atoms with van der Waals surface area (Å²) < 4.78 is 1.62. The lowest BCUT2D eigenvalue weighted by molar-refractivity contribution is 0.101. The highest BCUT2D eigenvalue weighted by Crippen LogP contribution is 2.24. The number of benzene rings is 1. The predicted octanol–water partition coefficient (Wildman–Crippen LogP) is 3.91. The number of Topliss-reactive ketones (excluding diaryl/α,β-unsaturated/α-hetero) is 2. The molecule has 2 heterocycles. The second-order valence-corrected chi connectivity index (χ2v) is 7.96. The van der Waals surface area contributed by atoms with E-state index in [1.54, 1.807) is 18.5 Å². The number of aryl methyl sites for hydroxylation is 1.